The summed E-state index contributed by atoms with van der Waals surface area (Å²) in [4.78, 5) is 0. The number of ether oxygens (including phenoxy) is 1. The molecule has 0 aliphatic carbocycles. The largest absolute Gasteiger partial charge is 0.483 e. The second-order valence-electron chi connectivity index (χ2n) is 7.33. The number of rotatable bonds is 2. The Kier molecular flexibility index (Phi) is 2.87. The van der Waals surface area contributed by atoms with Crippen LogP contribution in [0.25, 0.3) is 11.0 Å². The summed E-state index contributed by atoms with van der Waals surface area (Å²) in [7, 11) is 0. The van der Waals surface area contributed by atoms with Crippen molar-refractivity contribution in [2.24, 2.45) is 0 Å². The molecule has 0 amide bonds. The van der Waals surface area contributed by atoms with E-state index in [-0.39, 0.29) is 11.1 Å². The van der Waals surface area contributed by atoms with Crippen molar-refractivity contribution in [1.82, 2.24) is 5.32 Å². The monoisotopic (exact) mass is 273 g/mol. The molecule has 1 N–H and O–H groups in total. The van der Waals surface area contributed by atoms with E-state index in [1.54, 1.807) is 0 Å². The fourth-order valence-corrected chi connectivity index (χ4v) is 2.69. The van der Waals surface area contributed by atoms with E-state index in [0.717, 1.165) is 29.7 Å². The molecule has 1 aliphatic heterocycles. The summed E-state index contributed by atoms with van der Waals surface area (Å²) in [5.74, 6) is 0.925. The lowest BCUT2D eigenvalue weighted by Crippen LogP contribution is -2.34. The molecule has 0 radical (unpaired) electrons. The SMILES string of the molecule is CC(C)(C)NCc1coc2c3c(ccc12)CC(C)(C)O3. The van der Waals surface area contributed by atoms with Crippen molar-refractivity contribution in [3.05, 3.63) is 29.5 Å². The lowest BCUT2D eigenvalue weighted by molar-refractivity contribution is 0.139. The summed E-state index contributed by atoms with van der Waals surface area (Å²) < 4.78 is 11.8. The predicted molar refractivity (Wildman–Crippen MR) is 81.2 cm³/mol. The highest BCUT2D eigenvalue weighted by Crippen LogP contribution is 2.41. The number of hydrogen-bond donors (Lipinski definition) is 1. The van der Waals surface area contributed by atoms with Gasteiger partial charge in [0.15, 0.2) is 11.3 Å². The maximum Gasteiger partial charge on any atom is 0.176 e. The van der Waals surface area contributed by atoms with Crippen molar-refractivity contribution in [3.63, 3.8) is 0 Å². The van der Waals surface area contributed by atoms with Gasteiger partial charge in [0.25, 0.3) is 0 Å². The van der Waals surface area contributed by atoms with Crippen molar-refractivity contribution in [2.75, 3.05) is 0 Å². The summed E-state index contributed by atoms with van der Waals surface area (Å²) in [6.07, 6.45) is 2.78. The highest BCUT2D eigenvalue weighted by molar-refractivity contribution is 5.88. The van der Waals surface area contributed by atoms with E-state index >= 15 is 0 Å². The van der Waals surface area contributed by atoms with Crippen LogP contribution < -0.4 is 10.1 Å². The number of fused-ring (bicyclic) bond motifs is 3. The quantitative estimate of drug-likeness (QED) is 0.897. The third kappa shape index (κ3) is 2.42. The number of hydrogen-bond acceptors (Lipinski definition) is 3. The highest BCUT2D eigenvalue weighted by Gasteiger charge is 2.32. The van der Waals surface area contributed by atoms with E-state index in [1.165, 1.54) is 11.1 Å². The van der Waals surface area contributed by atoms with Crippen LogP contribution in [0.2, 0.25) is 0 Å². The maximum atomic E-state index is 6.05. The van der Waals surface area contributed by atoms with Crippen molar-refractivity contribution in [2.45, 2.75) is 58.7 Å². The molecule has 108 valence electrons. The Morgan fingerprint density at radius 1 is 1.25 bits per heavy atom. The van der Waals surface area contributed by atoms with Gasteiger partial charge in [-0.15, -0.1) is 0 Å². The maximum absolute atomic E-state index is 6.05. The standard InChI is InChI=1S/C17H23NO2/c1-16(2,3)18-9-12-10-19-15-13(12)7-6-11-8-17(4,5)20-14(11)15/h6-7,10,18H,8-9H2,1-5H3. The molecule has 0 spiro atoms. The predicted octanol–water partition coefficient (Wildman–Crippen LogP) is 4.03. The molecule has 1 aromatic carbocycles. The molecule has 0 saturated heterocycles. The normalized spacial score (nSPS) is 17.2. The van der Waals surface area contributed by atoms with Gasteiger partial charge in [-0.25, -0.2) is 0 Å². The van der Waals surface area contributed by atoms with Gasteiger partial charge in [-0.05, 0) is 34.6 Å². The smallest absolute Gasteiger partial charge is 0.176 e. The molecule has 2 heterocycles. The molecule has 0 bridgehead atoms. The van der Waals surface area contributed by atoms with Crippen LogP contribution in [0.1, 0.15) is 45.7 Å². The Labute approximate surface area is 120 Å². The summed E-state index contributed by atoms with van der Waals surface area (Å²) in [6.45, 7) is 11.5. The topological polar surface area (TPSA) is 34.4 Å². The molecule has 0 atom stereocenters. The molecule has 20 heavy (non-hydrogen) atoms. The zero-order valence-corrected chi connectivity index (χ0v) is 13.0. The van der Waals surface area contributed by atoms with Gasteiger partial charge in [0.2, 0.25) is 0 Å². The van der Waals surface area contributed by atoms with Gasteiger partial charge in [0, 0.05) is 35.0 Å². The molecular weight excluding hydrogens is 250 g/mol. The first-order chi connectivity index (χ1) is 9.25. The Hall–Kier alpha value is -1.48. The number of furan rings is 1. The van der Waals surface area contributed by atoms with E-state index < -0.39 is 0 Å². The molecule has 3 nitrogen and oxygen atoms in total. The van der Waals surface area contributed by atoms with Gasteiger partial charge in [-0.3, -0.25) is 0 Å². The van der Waals surface area contributed by atoms with Gasteiger partial charge < -0.3 is 14.5 Å². The molecular formula is C17H23NO2. The Bertz CT molecular complexity index is 647. The van der Waals surface area contributed by atoms with Crippen LogP contribution in [0.4, 0.5) is 0 Å². The molecule has 3 rings (SSSR count). The Morgan fingerprint density at radius 2 is 2.00 bits per heavy atom. The minimum Gasteiger partial charge on any atom is -0.483 e. The highest BCUT2D eigenvalue weighted by atomic mass is 16.5. The van der Waals surface area contributed by atoms with Gasteiger partial charge in [0.05, 0.1) is 6.26 Å². The molecule has 0 saturated carbocycles. The third-order valence-electron chi connectivity index (χ3n) is 3.66. The zero-order chi connectivity index (χ0) is 14.5. The molecule has 0 fully saturated rings. The number of nitrogens with one attached hydrogen (secondary N) is 1. The van der Waals surface area contributed by atoms with E-state index in [2.05, 4.69) is 52.1 Å². The van der Waals surface area contributed by atoms with Gasteiger partial charge in [0.1, 0.15) is 5.60 Å². The second kappa shape index (κ2) is 4.26. The lowest BCUT2D eigenvalue weighted by Gasteiger charge is -2.20. The van der Waals surface area contributed by atoms with Crippen LogP contribution in [0.15, 0.2) is 22.8 Å². The Balaban J connectivity index is 1.96. The first-order valence-electron chi connectivity index (χ1n) is 7.21. The third-order valence-corrected chi connectivity index (χ3v) is 3.66. The summed E-state index contributed by atoms with van der Waals surface area (Å²) in [5, 5.41) is 4.65. The average molecular weight is 273 g/mol. The molecule has 1 aliphatic rings. The van der Waals surface area contributed by atoms with Crippen LogP contribution in [0.5, 0.6) is 5.75 Å². The van der Waals surface area contributed by atoms with Gasteiger partial charge >= 0.3 is 0 Å². The second-order valence-corrected chi connectivity index (χ2v) is 7.33. The summed E-state index contributed by atoms with van der Waals surface area (Å²) in [5.41, 5.74) is 3.28. The zero-order valence-electron chi connectivity index (χ0n) is 13.0. The fourth-order valence-electron chi connectivity index (χ4n) is 2.69. The van der Waals surface area contributed by atoms with Crippen molar-refractivity contribution < 1.29 is 9.15 Å². The van der Waals surface area contributed by atoms with Crippen LogP contribution in [-0.4, -0.2) is 11.1 Å². The minimum absolute atomic E-state index is 0.0960. The van der Waals surface area contributed by atoms with Crippen molar-refractivity contribution in [3.8, 4) is 5.75 Å². The Morgan fingerprint density at radius 3 is 2.70 bits per heavy atom. The fraction of sp³-hybridized carbons (Fsp3) is 0.529. The first kappa shape index (κ1) is 13.5. The van der Waals surface area contributed by atoms with Crippen LogP contribution >= 0.6 is 0 Å². The van der Waals surface area contributed by atoms with Crippen LogP contribution in [0, 0.1) is 0 Å². The van der Waals surface area contributed by atoms with Crippen LogP contribution in [-0.2, 0) is 13.0 Å². The summed E-state index contributed by atoms with van der Waals surface area (Å²) in [6, 6.07) is 4.32. The first-order valence-corrected chi connectivity index (χ1v) is 7.21. The molecule has 3 heteroatoms. The molecule has 2 aromatic rings. The van der Waals surface area contributed by atoms with Crippen LogP contribution in [0.3, 0.4) is 0 Å². The van der Waals surface area contributed by atoms with E-state index in [0.29, 0.717) is 0 Å². The summed E-state index contributed by atoms with van der Waals surface area (Å²) >= 11 is 0. The lowest BCUT2D eigenvalue weighted by atomic mass is 10.0. The van der Waals surface area contributed by atoms with E-state index in [1.807, 2.05) is 6.26 Å². The van der Waals surface area contributed by atoms with Crippen molar-refractivity contribution in [1.29, 1.82) is 0 Å². The van der Waals surface area contributed by atoms with E-state index in [9.17, 15) is 0 Å². The van der Waals surface area contributed by atoms with E-state index in [4.69, 9.17) is 9.15 Å². The molecule has 0 unspecified atom stereocenters. The molecule has 1 aromatic heterocycles. The van der Waals surface area contributed by atoms with Gasteiger partial charge in [-0.1, -0.05) is 12.1 Å². The van der Waals surface area contributed by atoms with Gasteiger partial charge in [-0.2, -0.15) is 0 Å². The van der Waals surface area contributed by atoms with Crippen molar-refractivity contribution >= 4 is 11.0 Å². The number of benzene rings is 1. The minimum atomic E-state index is -0.132. The average Bonchev–Trinajstić information content (AvgIpc) is 2.83.